The molecule has 2 heterocycles. The third kappa shape index (κ3) is 3.00. The van der Waals surface area contributed by atoms with Gasteiger partial charge in [-0.1, -0.05) is 12.8 Å². The van der Waals surface area contributed by atoms with Gasteiger partial charge in [-0.05, 0) is 51.2 Å². The van der Waals surface area contributed by atoms with Crippen molar-refractivity contribution in [3.8, 4) is 0 Å². The summed E-state index contributed by atoms with van der Waals surface area (Å²) in [6, 6.07) is 3.77. The Bertz CT molecular complexity index is 496. The van der Waals surface area contributed by atoms with E-state index in [-0.39, 0.29) is 24.0 Å². The molecule has 4 nitrogen and oxygen atoms in total. The summed E-state index contributed by atoms with van der Waals surface area (Å²) in [6.45, 7) is 2.64. The van der Waals surface area contributed by atoms with Gasteiger partial charge in [0.15, 0.2) is 5.76 Å². The maximum Gasteiger partial charge on any atom is 0.289 e. The van der Waals surface area contributed by atoms with Gasteiger partial charge in [-0.15, -0.1) is 0 Å². The molecule has 1 amide bonds. The number of carbonyl (C=O) groups is 1. The smallest absolute Gasteiger partial charge is 0.289 e. The number of furan rings is 1. The van der Waals surface area contributed by atoms with Gasteiger partial charge in [0.1, 0.15) is 5.76 Å². The van der Waals surface area contributed by atoms with E-state index >= 15 is 0 Å². The van der Waals surface area contributed by atoms with Crippen molar-refractivity contribution in [3.05, 3.63) is 23.7 Å². The minimum atomic E-state index is -0.254. The number of piperidine rings is 1. The Hall–Kier alpha value is -1.29. The molecule has 1 N–H and O–H groups in total. The Balaban J connectivity index is 1.79. The predicted octanol–water partition coefficient (Wildman–Crippen LogP) is 3.13. The lowest BCUT2D eigenvalue weighted by molar-refractivity contribution is -0.00252. The lowest BCUT2D eigenvalue weighted by Gasteiger charge is -2.43. The van der Waals surface area contributed by atoms with Crippen LogP contribution in [-0.4, -0.2) is 34.6 Å². The number of likely N-dealkylation sites (tertiary alicyclic amines) is 1. The fourth-order valence-corrected chi connectivity index (χ4v) is 3.93. The van der Waals surface area contributed by atoms with Crippen molar-refractivity contribution in [1.29, 1.82) is 0 Å². The number of aryl methyl sites for hydroxylation is 1. The predicted molar refractivity (Wildman–Crippen MR) is 80.1 cm³/mol. The summed E-state index contributed by atoms with van der Waals surface area (Å²) in [4.78, 5) is 14.7. The molecule has 0 radical (unpaired) electrons. The molecule has 0 spiro atoms. The largest absolute Gasteiger partial charge is 0.456 e. The fraction of sp³-hybridized carbons (Fsp3) is 0.706. The first-order valence-electron chi connectivity index (χ1n) is 8.22. The number of hydrogen-bond donors (Lipinski definition) is 1. The average Bonchev–Trinajstić information content (AvgIpc) is 2.94. The van der Waals surface area contributed by atoms with Crippen molar-refractivity contribution in [2.45, 2.75) is 64.0 Å². The number of nitrogens with zero attached hydrogens (tertiary/aromatic N) is 1. The summed E-state index contributed by atoms with van der Waals surface area (Å²) in [7, 11) is 0. The topological polar surface area (TPSA) is 53.7 Å². The molecule has 0 bridgehead atoms. The molecule has 1 saturated carbocycles. The average molecular weight is 291 g/mol. The first-order chi connectivity index (χ1) is 10.2. The first kappa shape index (κ1) is 14.6. The summed E-state index contributed by atoms with van der Waals surface area (Å²) in [5.41, 5.74) is 0. The van der Waals surface area contributed by atoms with E-state index in [2.05, 4.69) is 0 Å². The molecule has 1 aromatic rings. The lowest BCUT2D eigenvalue weighted by atomic mass is 9.78. The SMILES string of the molecule is Cc1ccc(C(=O)N2CCCCC2C2CCCCC2O)o1. The van der Waals surface area contributed by atoms with Gasteiger partial charge in [0.05, 0.1) is 6.10 Å². The molecule has 2 aliphatic rings. The number of rotatable bonds is 2. The van der Waals surface area contributed by atoms with E-state index in [4.69, 9.17) is 4.42 Å². The molecule has 4 heteroatoms. The Kier molecular flexibility index (Phi) is 4.34. The van der Waals surface area contributed by atoms with Gasteiger partial charge in [0.25, 0.3) is 5.91 Å². The zero-order valence-corrected chi connectivity index (χ0v) is 12.8. The van der Waals surface area contributed by atoms with Crippen molar-refractivity contribution in [1.82, 2.24) is 4.90 Å². The number of carbonyl (C=O) groups excluding carboxylic acids is 1. The van der Waals surface area contributed by atoms with E-state index in [9.17, 15) is 9.90 Å². The highest BCUT2D eigenvalue weighted by Crippen LogP contribution is 2.34. The molecular weight excluding hydrogens is 266 g/mol. The monoisotopic (exact) mass is 291 g/mol. The van der Waals surface area contributed by atoms with Crippen molar-refractivity contribution in [2.75, 3.05) is 6.54 Å². The quantitative estimate of drug-likeness (QED) is 0.910. The first-order valence-corrected chi connectivity index (χ1v) is 8.22. The zero-order chi connectivity index (χ0) is 14.8. The molecule has 116 valence electrons. The Labute approximate surface area is 126 Å². The molecular formula is C17H25NO3. The molecule has 3 rings (SSSR count). The van der Waals surface area contributed by atoms with Gasteiger partial charge >= 0.3 is 0 Å². The highest BCUT2D eigenvalue weighted by Gasteiger charge is 2.38. The van der Waals surface area contributed by atoms with Crippen molar-refractivity contribution < 1.29 is 14.3 Å². The van der Waals surface area contributed by atoms with Gasteiger partial charge in [-0.25, -0.2) is 0 Å². The van der Waals surface area contributed by atoms with Crippen molar-refractivity contribution in [3.63, 3.8) is 0 Å². The van der Waals surface area contributed by atoms with Crippen molar-refractivity contribution in [2.24, 2.45) is 5.92 Å². The summed E-state index contributed by atoms with van der Waals surface area (Å²) in [5, 5.41) is 10.3. The third-order valence-corrected chi connectivity index (χ3v) is 5.04. The minimum Gasteiger partial charge on any atom is -0.456 e. The molecule has 1 saturated heterocycles. The molecule has 2 fully saturated rings. The van der Waals surface area contributed by atoms with Crippen LogP contribution in [0.25, 0.3) is 0 Å². The van der Waals surface area contributed by atoms with Crippen molar-refractivity contribution >= 4 is 5.91 Å². The van der Waals surface area contributed by atoms with E-state index in [1.54, 1.807) is 6.07 Å². The Morgan fingerprint density at radius 3 is 2.67 bits per heavy atom. The summed E-state index contributed by atoms with van der Waals surface area (Å²) in [5.74, 6) is 1.43. The highest BCUT2D eigenvalue weighted by molar-refractivity contribution is 5.91. The van der Waals surface area contributed by atoms with Crippen LogP contribution in [0.2, 0.25) is 0 Å². The lowest BCUT2D eigenvalue weighted by Crippen LogP contribution is -2.51. The van der Waals surface area contributed by atoms with Crippen LogP contribution >= 0.6 is 0 Å². The van der Waals surface area contributed by atoms with Crippen LogP contribution in [0.5, 0.6) is 0 Å². The van der Waals surface area contributed by atoms with E-state index in [0.29, 0.717) is 5.76 Å². The summed E-state index contributed by atoms with van der Waals surface area (Å²) < 4.78 is 5.51. The standard InChI is InChI=1S/C17H25NO3/c1-12-9-10-16(21-12)17(20)18-11-5-4-7-14(18)13-6-2-3-8-15(13)19/h9-10,13-15,19H,2-8,11H2,1H3. The second-order valence-corrected chi connectivity index (χ2v) is 6.49. The Morgan fingerprint density at radius 1 is 1.19 bits per heavy atom. The normalized spacial score (nSPS) is 30.4. The van der Waals surface area contributed by atoms with Crippen LogP contribution < -0.4 is 0 Å². The second-order valence-electron chi connectivity index (χ2n) is 6.49. The van der Waals surface area contributed by atoms with Gasteiger partial charge < -0.3 is 14.4 Å². The minimum absolute atomic E-state index is 0.00873. The van der Waals surface area contributed by atoms with Crippen LogP contribution in [0.4, 0.5) is 0 Å². The number of amides is 1. The molecule has 21 heavy (non-hydrogen) atoms. The van der Waals surface area contributed by atoms with Crippen LogP contribution in [0, 0.1) is 12.8 Å². The van der Waals surface area contributed by atoms with Crippen LogP contribution in [-0.2, 0) is 0 Å². The second kappa shape index (κ2) is 6.22. The molecule has 1 aromatic heterocycles. The van der Waals surface area contributed by atoms with Crippen LogP contribution in [0.1, 0.15) is 61.3 Å². The Morgan fingerprint density at radius 2 is 1.95 bits per heavy atom. The maximum absolute atomic E-state index is 12.7. The maximum atomic E-state index is 12.7. The molecule has 1 aliphatic carbocycles. The molecule has 0 aromatic carbocycles. The van der Waals surface area contributed by atoms with E-state index in [0.717, 1.165) is 50.8 Å². The summed E-state index contributed by atoms with van der Waals surface area (Å²) >= 11 is 0. The number of aliphatic hydroxyl groups excluding tert-OH is 1. The van der Waals surface area contributed by atoms with E-state index < -0.39 is 0 Å². The van der Waals surface area contributed by atoms with E-state index in [1.165, 1.54) is 6.42 Å². The van der Waals surface area contributed by atoms with Gasteiger partial charge in [0, 0.05) is 18.5 Å². The third-order valence-electron chi connectivity index (χ3n) is 5.04. The highest BCUT2D eigenvalue weighted by atomic mass is 16.3. The number of aliphatic hydroxyl groups is 1. The van der Waals surface area contributed by atoms with Gasteiger partial charge in [-0.3, -0.25) is 4.79 Å². The zero-order valence-electron chi connectivity index (χ0n) is 12.8. The number of hydrogen-bond acceptors (Lipinski definition) is 3. The van der Waals surface area contributed by atoms with Gasteiger partial charge in [-0.2, -0.15) is 0 Å². The van der Waals surface area contributed by atoms with Gasteiger partial charge in [0.2, 0.25) is 0 Å². The molecule has 1 aliphatic heterocycles. The molecule has 3 atom stereocenters. The van der Waals surface area contributed by atoms with E-state index in [1.807, 2.05) is 17.9 Å². The van der Waals surface area contributed by atoms with Crippen LogP contribution in [0.3, 0.4) is 0 Å². The molecule has 3 unspecified atom stereocenters. The fourth-order valence-electron chi connectivity index (χ4n) is 3.93. The van der Waals surface area contributed by atoms with Crippen LogP contribution in [0.15, 0.2) is 16.5 Å². The summed E-state index contributed by atoms with van der Waals surface area (Å²) in [6.07, 6.45) is 7.13.